The van der Waals surface area contributed by atoms with Gasteiger partial charge in [-0.3, -0.25) is 14.9 Å². The Hall–Kier alpha value is -2.82. The van der Waals surface area contributed by atoms with Crippen LogP contribution in [0.2, 0.25) is 10.0 Å². The normalized spacial score (nSPS) is 16.7. The summed E-state index contributed by atoms with van der Waals surface area (Å²) in [5.41, 5.74) is 0.835. The van der Waals surface area contributed by atoms with E-state index in [1.54, 1.807) is 25.1 Å². The SMILES string of the molecule is CCOC(=O)Nc1ccc(Cl)cc1CC1CNC(=O)CN(S(=O)(=O)c2ccc(Cl)cc2)C1=O. The Labute approximate surface area is 201 Å². The molecular weight excluding hydrogens is 493 g/mol. The lowest BCUT2D eigenvalue weighted by molar-refractivity contribution is -0.131. The lowest BCUT2D eigenvalue weighted by Gasteiger charge is -2.23. The van der Waals surface area contributed by atoms with Crippen LogP contribution in [-0.4, -0.2) is 50.3 Å². The van der Waals surface area contributed by atoms with Gasteiger partial charge in [0.25, 0.3) is 10.0 Å². The summed E-state index contributed by atoms with van der Waals surface area (Å²) >= 11 is 11.9. The minimum absolute atomic E-state index is 0.00799. The molecule has 2 aromatic rings. The van der Waals surface area contributed by atoms with Crippen molar-refractivity contribution >= 4 is 56.8 Å². The molecule has 1 unspecified atom stereocenters. The average Bonchev–Trinajstić information content (AvgIpc) is 2.90. The van der Waals surface area contributed by atoms with Crippen LogP contribution in [0.1, 0.15) is 12.5 Å². The Kier molecular flexibility index (Phi) is 7.83. The molecule has 1 aliphatic heterocycles. The molecule has 1 heterocycles. The van der Waals surface area contributed by atoms with E-state index in [2.05, 4.69) is 10.6 Å². The lowest BCUT2D eigenvalue weighted by atomic mass is 9.97. The highest BCUT2D eigenvalue weighted by Crippen LogP contribution is 2.27. The van der Waals surface area contributed by atoms with Crippen molar-refractivity contribution in [3.63, 3.8) is 0 Å². The van der Waals surface area contributed by atoms with Gasteiger partial charge in [-0.25, -0.2) is 17.5 Å². The summed E-state index contributed by atoms with van der Waals surface area (Å²) < 4.78 is 31.7. The number of hydrogen-bond donors (Lipinski definition) is 2. The Morgan fingerprint density at radius 2 is 1.82 bits per heavy atom. The topological polar surface area (TPSA) is 122 Å². The molecule has 33 heavy (non-hydrogen) atoms. The van der Waals surface area contributed by atoms with Crippen molar-refractivity contribution in [2.24, 2.45) is 5.92 Å². The Balaban J connectivity index is 1.92. The zero-order valence-electron chi connectivity index (χ0n) is 17.5. The largest absolute Gasteiger partial charge is 0.450 e. The minimum Gasteiger partial charge on any atom is -0.450 e. The summed E-state index contributed by atoms with van der Waals surface area (Å²) in [4.78, 5) is 37.2. The monoisotopic (exact) mass is 513 g/mol. The predicted molar refractivity (Wildman–Crippen MR) is 123 cm³/mol. The van der Waals surface area contributed by atoms with E-state index < -0.39 is 40.4 Å². The standard InChI is InChI=1S/C21H21Cl2N3O6S/c1-2-32-21(29)25-18-8-5-16(23)10-13(18)9-14-11-24-19(27)12-26(20(14)28)33(30,31)17-6-3-15(22)4-7-17/h3-8,10,14H,2,9,11-12H2,1H3,(H,24,27)(H,25,29). The van der Waals surface area contributed by atoms with Crippen LogP contribution in [0.5, 0.6) is 0 Å². The summed E-state index contributed by atoms with van der Waals surface area (Å²) in [5.74, 6) is -2.30. The number of benzene rings is 2. The third-order valence-electron chi connectivity index (χ3n) is 4.88. The van der Waals surface area contributed by atoms with Crippen LogP contribution in [0.4, 0.5) is 10.5 Å². The van der Waals surface area contributed by atoms with Crippen molar-refractivity contribution in [1.29, 1.82) is 0 Å². The molecule has 3 amide bonds. The van der Waals surface area contributed by atoms with E-state index in [1.165, 1.54) is 24.3 Å². The van der Waals surface area contributed by atoms with E-state index in [4.69, 9.17) is 27.9 Å². The first-order valence-corrected chi connectivity index (χ1v) is 12.1. The molecule has 0 bridgehead atoms. The highest BCUT2D eigenvalue weighted by molar-refractivity contribution is 7.89. The van der Waals surface area contributed by atoms with Crippen molar-refractivity contribution in [3.05, 3.63) is 58.1 Å². The molecule has 3 rings (SSSR count). The zero-order chi connectivity index (χ0) is 24.2. The molecule has 1 fully saturated rings. The molecule has 2 aromatic carbocycles. The molecule has 1 atom stereocenters. The zero-order valence-corrected chi connectivity index (χ0v) is 19.8. The van der Waals surface area contributed by atoms with E-state index in [1.807, 2.05) is 0 Å². The van der Waals surface area contributed by atoms with Crippen molar-refractivity contribution in [1.82, 2.24) is 9.62 Å². The number of rotatable bonds is 6. The summed E-state index contributed by atoms with van der Waals surface area (Å²) in [6.07, 6.45) is -0.679. The van der Waals surface area contributed by atoms with Crippen molar-refractivity contribution in [2.75, 3.05) is 25.0 Å². The second kappa shape index (κ2) is 10.4. The molecule has 0 aromatic heterocycles. The van der Waals surface area contributed by atoms with Crippen LogP contribution in [0.25, 0.3) is 0 Å². The predicted octanol–water partition coefficient (Wildman–Crippen LogP) is 3.07. The number of amides is 3. The van der Waals surface area contributed by atoms with Gasteiger partial charge in [-0.2, -0.15) is 0 Å². The third-order valence-corrected chi connectivity index (χ3v) is 7.12. The van der Waals surface area contributed by atoms with Gasteiger partial charge in [0.2, 0.25) is 11.8 Å². The second-order valence-electron chi connectivity index (χ2n) is 7.16. The van der Waals surface area contributed by atoms with Gasteiger partial charge >= 0.3 is 6.09 Å². The molecular formula is C21H21Cl2N3O6S. The summed E-state index contributed by atoms with van der Waals surface area (Å²) in [7, 11) is -4.31. The summed E-state index contributed by atoms with van der Waals surface area (Å²) in [6.45, 7) is 1.09. The maximum absolute atomic E-state index is 13.3. The molecule has 0 aliphatic carbocycles. The van der Waals surface area contributed by atoms with Gasteiger partial charge in [-0.15, -0.1) is 0 Å². The number of nitrogens with zero attached hydrogens (tertiary/aromatic N) is 1. The van der Waals surface area contributed by atoms with Gasteiger partial charge < -0.3 is 10.1 Å². The van der Waals surface area contributed by atoms with Crippen LogP contribution >= 0.6 is 23.2 Å². The number of ether oxygens (including phenoxy) is 1. The van der Waals surface area contributed by atoms with Gasteiger partial charge in [-0.1, -0.05) is 23.2 Å². The van der Waals surface area contributed by atoms with E-state index in [9.17, 15) is 22.8 Å². The fourth-order valence-electron chi connectivity index (χ4n) is 3.28. The highest BCUT2D eigenvalue weighted by atomic mass is 35.5. The van der Waals surface area contributed by atoms with Gasteiger partial charge in [0, 0.05) is 22.3 Å². The van der Waals surface area contributed by atoms with E-state index >= 15 is 0 Å². The van der Waals surface area contributed by atoms with Crippen LogP contribution in [0.3, 0.4) is 0 Å². The van der Waals surface area contributed by atoms with Gasteiger partial charge in [0.05, 0.1) is 17.4 Å². The number of sulfonamides is 1. The van der Waals surface area contributed by atoms with Crippen molar-refractivity contribution in [3.8, 4) is 0 Å². The van der Waals surface area contributed by atoms with E-state index in [0.717, 1.165) is 0 Å². The third kappa shape index (κ3) is 5.95. The smallest absolute Gasteiger partial charge is 0.411 e. The molecule has 2 N–H and O–H groups in total. The number of halogens is 2. The maximum Gasteiger partial charge on any atom is 0.411 e. The number of nitrogens with one attached hydrogen (secondary N) is 2. The minimum atomic E-state index is -4.31. The number of carbonyl (C=O) groups excluding carboxylic acids is 3. The van der Waals surface area contributed by atoms with Gasteiger partial charge in [0.15, 0.2) is 0 Å². The quantitative estimate of drug-likeness (QED) is 0.611. The van der Waals surface area contributed by atoms with E-state index in [-0.39, 0.29) is 24.5 Å². The lowest BCUT2D eigenvalue weighted by Crippen LogP contribution is -2.42. The first-order valence-electron chi connectivity index (χ1n) is 9.93. The fourth-order valence-corrected chi connectivity index (χ4v) is 5.01. The summed E-state index contributed by atoms with van der Waals surface area (Å²) in [5, 5.41) is 5.83. The number of hydrogen-bond acceptors (Lipinski definition) is 6. The van der Waals surface area contributed by atoms with Crippen LogP contribution in [0.15, 0.2) is 47.4 Å². The number of anilines is 1. The molecule has 1 aliphatic rings. The summed E-state index contributed by atoms with van der Waals surface area (Å²) in [6, 6.07) is 9.96. The average molecular weight is 514 g/mol. The fraction of sp³-hybridized carbons (Fsp3) is 0.286. The molecule has 0 radical (unpaired) electrons. The molecule has 0 saturated carbocycles. The first kappa shape index (κ1) is 24.8. The molecule has 9 nitrogen and oxygen atoms in total. The Morgan fingerprint density at radius 3 is 2.48 bits per heavy atom. The van der Waals surface area contributed by atoms with E-state index in [0.29, 0.717) is 25.6 Å². The second-order valence-corrected chi connectivity index (χ2v) is 9.89. The van der Waals surface area contributed by atoms with Crippen molar-refractivity contribution < 1.29 is 27.5 Å². The first-order chi connectivity index (χ1) is 15.6. The molecule has 0 spiro atoms. The molecule has 176 valence electrons. The Morgan fingerprint density at radius 1 is 1.15 bits per heavy atom. The van der Waals surface area contributed by atoms with Gasteiger partial charge in [-0.05, 0) is 61.4 Å². The highest BCUT2D eigenvalue weighted by Gasteiger charge is 2.38. The Bertz CT molecular complexity index is 1170. The maximum atomic E-state index is 13.3. The van der Waals surface area contributed by atoms with Crippen LogP contribution < -0.4 is 10.6 Å². The molecule has 12 heteroatoms. The van der Waals surface area contributed by atoms with Crippen LogP contribution in [0, 0.1) is 5.92 Å². The van der Waals surface area contributed by atoms with Crippen molar-refractivity contribution in [2.45, 2.75) is 18.2 Å². The molecule has 1 saturated heterocycles. The number of carbonyl (C=O) groups is 3. The van der Waals surface area contributed by atoms with Gasteiger partial charge in [0.1, 0.15) is 6.54 Å². The van der Waals surface area contributed by atoms with Crippen LogP contribution in [-0.2, 0) is 30.8 Å².